The van der Waals surface area contributed by atoms with Gasteiger partial charge in [-0.2, -0.15) is 0 Å². The molecular weight excluding hydrogens is 306 g/mol. The molecule has 0 spiro atoms. The molecule has 1 fully saturated rings. The predicted octanol–water partition coefficient (Wildman–Crippen LogP) is 5.09. The van der Waals surface area contributed by atoms with E-state index in [2.05, 4.69) is 39.0 Å². The van der Waals surface area contributed by atoms with Crippen LogP contribution in [-0.2, 0) is 4.79 Å². The first-order chi connectivity index (χ1) is 10.7. The number of amides is 1. The number of nitrogens with two attached hydrogens (primary N) is 1. The summed E-state index contributed by atoms with van der Waals surface area (Å²) < 4.78 is 0. The van der Waals surface area contributed by atoms with Crippen molar-refractivity contribution >= 4 is 17.5 Å². The summed E-state index contributed by atoms with van der Waals surface area (Å²) in [5.41, 5.74) is 7.68. The lowest BCUT2D eigenvalue weighted by atomic mass is 9.89. The van der Waals surface area contributed by atoms with Crippen LogP contribution < -0.4 is 5.73 Å². The zero-order valence-corrected chi connectivity index (χ0v) is 15.1. The number of primary amides is 1. The standard InChI is InChI=1S/C20H26ClNO/c1-13(2)14(3)17(19(22)23)6-5-11-20(4)12-18(20)15-7-9-16(21)10-8-15/h5-11,13-14,18H,12H2,1-4H3,(H2,22,23)/b11-5+,17-6+. The van der Waals surface area contributed by atoms with Crippen molar-refractivity contribution in [3.05, 3.63) is 58.7 Å². The highest BCUT2D eigenvalue weighted by Crippen LogP contribution is 2.60. The molecule has 3 atom stereocenters. The first kappa shape index (κ1) is 17.8. The second kappa shape index (κ2) is 6.92. The second-order valence-electron chi connectivity index (χ2n) is 7.19. The Morgan fingerprint density at radius 1 is 1.30 bits per heavy atom. The van der Waals surface area contributed by atoms with E-state index in [0.717, 1.165) is 11.4 Å². The van der Waals surface area contributed by atoms with Gasteiger partial charge in [-0.1, -0.05) is 69.7 Å². The molecule has 23 heavy (non-hydrogen) atoms. The molecule has 1 aromatic rings. The highest BCUT2D eigenvalue weighted by Gasteiger charge is 2.48. The van der Waals surface area contributed by atoms with Gasteiger partial charge in [-0.3, -0.25) is 4.79 Å². The third kappa shape index (κ3) is 4.26. The van der Waals surface area contributed by atoms with Crippen LogP contribution in [-0.4, -0.2) is 5.91 Å². The van der Waals surface area contributed by atoms with Gasteiger partial charge in [0.1, 0.15) is 0 Å². The van der Waals surface area contributed by atoms with E-state index in [1.54, 1.807) is 0 Å². The average Bonchev–Trinajstić information content (AvgIpc) is 3.15. The van der Waals surface area contributed by atoms with E-state index < -0.39 is 0 Å². The van der Waals surface area contributed by atoms with Gasteiger partial charge in [-0.15, -0.1) is 0 Å². The lowest BCUT2D eigenvalue weighted by Gasteiger charge is -2.16. The van der Waals surface area contributed by atoms with Crippen LogP contribution in [0.4, 0.5) is 0 Å². The van der Waals surface area contributed by atoms with Crippen LogP contribution in [0.1, 0.15) is 45.6 Å². The van der Waals surface area contributed by atoms with E-state index in [-0.39, 0.29) is 17.2 Å². The van der Waals surface area contributed by atoms with E-state index in [9.17, 15) is 4.79 Å². The number of rotatable bonds is 6. The van der Waals surface area contributed by atoms with Crippen LogP contribution in [0.5, 0.6) is 0 Å². The van der Waals surface area contributed by atoms with Gasteiger partial charge >= 0.3 is 0 Å². The summed E-state index contributed by atoms with van der Waals surface area (Å²) in [5, 5.41) is 0.767. The predicted molar refractivity (Wildman–Crippen MR) is 97.3 cm³/mol. The van der Waals surface area contributed by atoms with Crippen molar-refractivity contribution in [1.29, 1.82) is 0 Å². The summed E-state index contributed by atoms with van der Waals surface area (Å²) in [6.07, 6.45) is 7.19. The van der Waals surface area contributed by atoms with Crippen molar-refractivity contribution in [2.45, 2.75) is 40.0 Å². The van der Waals surface area contributed by atoms with Crippen molar-refractivity contribution in [2.24, 2.45) is 23.0 Å². The molecule has 1 aliphatic carbocycles. The lowest BCUT2D eigenvalue weighted by molar-refractivity contribution is -0.115. The molecule has 3 unspecified atom stereocenters. The van der Waals surface area contributed by atoms with Crippen molar-refractivity contribution in [3.8, 4) is 0 Å². The molecule has 0 aliphatic heterocycles. The van der Waals surface area contributed by atoms with Crippen molar-refractivity contribution in [1.82, 2.24) is 0 Å². The number of hydrogen-bond donors (Lipinski definition) is 1. The molecule has 1 aliphatic rings. The summed E-state index contributed by atoms with van der Waals surface area (Å²) in [6.45, 7) is 8.49. The molecule has 0 aromatic heterocycles. The van der Waals surface area contributed by atoms with Crippen molar-refractivity contribution < 1.29 is 4.79 Å². The first-order valence-electron chi connectivity index (χ1n) is 8.19. The molecule has 0 bridgehead atoms. The van der Waals surface area contributed by atoms with Crippen LogP contribution in [0.2, 0.25) is 5.02 Å². The van der Waals surface area contributed by atoms with Crippen LogP contribution in [0.3, 0.4) is 0 Å². The highest BCUT2D eigenvalue weighted by atomic mass is 35.5. The maximum Gasteiger partial charge on any atom is 0.244 e. The van der Waals surface area contributed by atoms with Gasteiger partial charge in [0, 0.05) is 10.6 Å². The minimum absolute atomic E-state index is 0.147. The van der Waals surface area contributed by atoms with Gasteiger partial charge in [0.25, 0.3) is 0 Å². The van der Waals surface area contributed by atoms with Crippen molar-refractivity contribution in [2.75, 3.05) is 0 Å². The molecular formula is C20H26ClNO. The molecule has 1 amide bonds. The van der Waals surface area contributed by atoms with Gasteiger partial charge in [0.2, 0.25) is 5.91 Å². The van der Waals surface area contributed by atoms with Gasteiger partial charge in [-0.25, -0.2) is 0 Å². The summed E-state index contributed by atoms with van der Waals surface area (Å²) in [7, 11) is 0. The number of allylic oxidation sites excluding steroid dienone is 3. The number of carbonyl (C=O) groups excluding carboxylic acids is 1. The summed E-state index contributed by atoms with van der Waals surface area (Å²) in [5.74, 6) is 0.742. The fourth-order valence-electron chi connectivity index (χ4n) is 2.95. The van der Waals surface area contributed by atoms with E-state index in [1.165, 1.54) is 5.56 Å². The van der Waals surface area contributed by atoms with Gasteiger partial charge in [-0.05, 0) is 47.3 Å². The molecule has 3 heteroatoms. The maximum absolute atomic E-state index is 11.6. The molecule has 1 aromatic carbocycles. The Labute approximate surface area is 144 Å². The summed E-state index contributed by atoms with van der Waals surface area (Å²) in [4.78, 5) is 11.6. The number of halogens is 1. The molecule has 2 rings (SSSR count). The molecule has 1 saturated carbocycles. The van der Waals surface area contributed by atoms with Crippen LogP contribution >= 0.6 is 11.6 Å². The van der Waals surface area contributed by atoms with E-state index in [0.29, 0.717) is 17.4 Å². The second-order valence-corrected chi connectivity index (χ2v) is 7.63. The Morgan fingerprint density at radius 2 is 1.91 bits per heavy atom. The van der Waals surface area contributed by atoms with E-state index >= 15 is 0 Å². The zero-order chi connectivity index (χ0) is 17.2. The smallest absolute Gasteiger partial charge is 0.244 e. The molecule has 2 N–H and O–H groups in total. The van der Waals surface area contributed by atoms with E-state index in [4.69, 9.17) is 17.3 Å². The Kier molecular flexibility index (Phi) is 5.36. The average molecular weight is 332 g/mol. The molecule has 0 saturated heterocycles. The zero-order valence-electron chi connectivity index (χ0n) is 14.3. The Hall–Kier alpha value is -1.54. The minimum Gasteiger partial charge on any atom is -0.366 e. The maximum atomic E-state index is 11.6. The monoisotopic (exact) mass is 331 g/mol. The van der Waals surface area contributed by atoms with Gasteiger partial charge < -0.3 is 5.73 Å². The molecule has 0 radical (unpaired) electrons. The summed E-state index contributed by atoms with van der Waals surface area (Å²) >= 11 is 5.95. The van der Waals surface area contributed by atoms with E-state index in [1.807, 2.05) is 31.2 Å². The van der Waals surface area contributed by atoms with Crippen LogP contribution in [0, 0.1) is 17.3 Å². The molecule has 0 heterocycles. The Balaban J connectivity index is 2.09. The lowest BCUT2D eigenvalue weighted by Crippen LogP contribution is -2.21. The molecule has 124 valence electrons. The minimum atomic E-state index is -0.328. The fraction of sp³-hybridized carbons (Fsp3) is 0.450. The first-order valence-corrected chi connectivity index (χ1v) is 8.57. The normalized spacial score (nSPS) is 25.8. The number of benzene rings is 1. The van der Waals surface area contributed by atoms with Gasteiger partial charge in [0.05, 0.1) is 0 Å². The highest BCUT2D eigenvalue weighted by molar-refractivity contribution is 6.30. The quantitative estimate of drug-likeness (QED) is 0.572. The Bertz CT molecular complexity index is 630. The third-order valence-electron chi connectivity index (χ3n) is 5.08. The van der Waals surface area contributed by atoms with Crippen molar-refractivity contribution in [3.63, 3.8) is 0 Å². The Morgan fingerprint density at radius 3 is 2.43 bits per heavy atom. The number of carbonyl (C=O) groups is 1. The number of hydrogen-bond acceptors (Lipinski definition) is 1. The van der Waals surface area contributed by atoms with Gasteiger partial charge in [0.15, 0.2) is 0 Å². The molecule has 2 nitrogen and oxygen atoms in total. The topological polar surface area (TPSA) is 43.1 Å². The largest absolute Gasteiger partial charge is 0.366 e. The third-order valence-corrected chi connectivity index (χ3v) is 5.33. The SMILES string of the molecule is CC(C)C(C)/C(=C\C=C\C1(C)CC1c1ccc(Cl)cc1)C(N)=O. The fourth-order valence-corrected chi connectivity index (χ4v) is 3.07. The van der Waals surface area contributed by atoms with Crippen LogP contribution in [0.15, 0.2) is 48.1 Å². The summed E-state index contributed by atoms with van der Waals surface area (Å²) in [6, 6.07) is 8.07. The van der Waals surface area contributed by atoms with Crippen LogP contribution in [0.25, 0.3) is 0 Å².